The summed E-state index contributed by atoms with van der Waals surface area (Å²) in [7, 11) is 0. The highest BCUT2D eigenvalue weighted by Gasteiger charge is 2.41. The lowest BCUT2D eigenvalue weighted by molar-refractivity contribution is 0.0973. The van der Waals surface area contributed by atoms with Crippen molar-refractivity contribution in [1.82, 2.24) is 0 Å². The first-order valence-electron chi connectivity index (χ1n) is 6.17. The largest absolute Gasteiger partial charge is 0.374 e. The zero-order valence-electron chi connectivity index (χ0n) is 9.44. The quantitative estimate of drug-likeness (QED) is 0.804. The maximum atomic E-state index is 12.4. The molecule has 1 fully saturated rings. The standard InChI is InChI=1S/C15H13NO/c17-15-13-11-4-2-1-3-9(11)7-8-12(13)16-14(15)10-5-6-10/h1-4,7-8,10,14,16H,5-6H2. The molecule has 1 aliphatic carbocycles. The molecule has 2 nitrogen and oxygen atoms in total. The van der Waals surface area contributed by atoms with E-state index >= 15 is 0 Å². The summed E-state index contributed by atoms with van der Waals surface area (Å²) in [6, 6.07) is 12.3. The van der Waals surface area contributed by atoms with Crippen LogP contribution in [-0.4, -0.2) is 11.8 Å². The number of hydrogen-bond donors (Lipinski definition) is 1. The Morgan fingerprint density at radius 3 is 2.71 bits per heavy atom. The van der Waals surface area contributed by atoms with Crippen LogP contribution in [0.3, 0.4) is 0 Å². The van der Waals surface area contributed by atoms with Crippen molar-refractivity contribution in [3.63, 3.8) is 0 Å². The first-order chi connectivity index (χ1) is 8.34. The molecule has 0 aromatic heterocycles. The van der Waals surface area contributed by atoms with Gasteiger partial charge in [0.05, 0.1) is 11.6 Å². The summed E-state index contributed by atoms with van der Waals surface area (Å²) in [6.07, 6.45) is 2.38. The minimum Gasteiger partial charge on any atom is -0.374 e. The van der Waals surface area contributed by atoms with Crippen LogP contribution in [0, 0.1) is 5.92 Å². The molecule has 0 amide bonds. The molecule has 4 rings (SSSR count). The monoisotopic (exact) mass is 223 g/mol. The Morgan fingerprint density at radius 2 is 1.88 bits per heavy atom. The van der Waals surface area contributed by atoms with Crippen molar-refractivity contribution in [3.05, 3.63) is 42.0 Å². The Kier molecular flexibility index (Phi) is 1.68. The molecule has 0 spiro atoms. The molecule has 2 aromatic carbocycles. The predicted molar refractivity (Wildman–Crippen MR) is 68.4 cm³/mol. The molecule has 84 valence electrons. The number of hydrogen-bond acceptors (Lipinski definition) is 2. The van der Waals surface area contributed by atoms with Crippen LogP contribution in [0.25, 0.3) is 10.8 Å². The fraction of sp³-hybridized carbons (Fsp3) is 0.267. The van der Waals surface area contributed by atoms with E-state index in [9.17, 15) is 4.79 Å². The van der Waals surface area contributed by atoms with Crippen LogP contribution in [0.2, 0.25) is 0 Å². The van der Waals surface area contributed by atoms with Crippen molar-refractivity contribution >= 4 is 22.2 Å². The Bertz CT molecular complexity index is 628. The molecule has 1 N–H and O–H groups in total. The topological polar surface area (TPSA) is 29.1 Å². The van der Waals surface area contributed by atoms with Crippen molar-refractivity contribution in [1.29, 1.82) is 0 Å². The Hall–Kier alpha value is -1.83. The summed E-state index contributed by atoms with van der Waals surface area (Å²) in [5.41, 5.74) is 1.92. The molecule has 2 heteroatoms. The maximum Gasteiger partial charge on any atom is 0.187 e. The van der Waals surface area contributed by atoms with E-state index in [4.69, 9.17) is 0 Å². The minimum atomic E-state index is 0.0378. The Balaban J connectivity index is 1.95. The van der Waals surface area contributed by atoms with Crippen LogP contribution in [0.4, 0.5) is 5.69 Å². The van der Waals surface area contributed by atoms with Crippen molar-refractivity contribution in [3.8, 4) is 0 Å². The number of fused-ring (bicyclic) bond motifs is 3. The zero-order valence-corrected chi connectivity index (χ0v) is 9.44. The molecule has 1 unspecified atom stereocenters. The third-order valence-electron chi connectivity index (χ3n) is 3.86. The molecular formula is C15H13NO. The highest BCUT2D eigenvalue weighted by atomic mass is 16.1. The van der Waals surface area contributed by atoms with Gasteiger partial charge >= 0.3 is 0 Å². The highest BCUT2D eigenvalue weighted by molar-refractivity contribution is 6.19. The molecule has 1 aliphatic heterocycles. The van der Waals surface area contributed by atoms with Crippen LogP contribution >= 0.6 is 0 Å². The third-order valence-corrected chi connectivity index (χ3v) is 3.86. The van der Waals surface area contributed by atoms with E-state index in [2.05, 4.69) is 17.4 Å². The summed E-state index contributed by atoms with van der Waals surface area (Å²) in [5.74, 6) is 0.855. The van der Waals surface area contributed by atoms with Gasteiger partial charge in [0.15, 0.2) is 5.78 Å². The molecule has 2 aromatic rings. The number of Topliss-reactive ketones (excluding diaryl/α,β-unsaturated/α-hetero) is 1. The summed E-state index contributed by atoms with van der Waals surface area (Å²) in [6.45, 7) is 0. The summed E-state index contributed by atoms with van der Waals surface area (Å²) >= 11 is 0. The second-order valence-corrected chi connectivity index (χ2v) is 5.03. The summed E-state index contributed by atoms with van der Waals surface area (Å²) in [5, 5.41) is 5.63. The molecule has 2 aliphatic rings. The van der Waals surface area contributed by atoms with Gasteiger partial charge in [-0.1, -0.05) is 30.3 Å². The van der Waals surface area contributed by atoms with Gasteiger partial charge in [-0.3, -0.25) is 4.79 Å². The minimum absolute atomic E-state index is 0.0378. The molecule has 0 radical (unpaired) electrons. The highest BCUT2D eigenvalue weighted by Crippen LogP contribution is 2.42. The molecular weight excluding hydrogens is 210 g/mol. The van der Waals surface area contributed by atoms with E-state index in [1.165, 1.54) is 12.8 Å². The predicted octanol–water partition coefficient (Wildman–Crippen LogP) is 3.23. The normalized spacial score (nSPS) is 22.6. The van der Waals surface area contributed by atoms with Crippen LogP contribution in [0.15, 0.2) is 36.4 Å². The van der Waals surface area contributed by atoms with E-state index in [-0.39, 0.29) is 6.04 Å². The molecule has 1 atom stereocenters. The third kappa shape index (κ3) is 1.24. The summed E-state index contributed by atoms with van der Waals surface area (Å²) < 4.78 is 0. The smallest absolute Gasteiger partial charge is 0.187 e. The van der Waals surface area contributed by atoms with Crippen LogP contribution in [-0.2, 0) is 0 Å². The molecule has 1 saturated carbocycles. The van der Waals surface area contributed by atoms with Gasteiger partial charge < -0.3 is 5.32 Å². The molecule has 0 saturated heterocycles. The van der Waals surface area contributed by atoms with Crippen molar-refractivity contribution in [2.75, 3.05) is 5.32 Å². The van der Waals surface area contributed by atoms with E-state index in [1.807, 2.05) is 24.3 Å². The van der Waals surface area contributed by atoms with Gasteiger partial charge in [0.25, 0.3) is 0 Å². The van der Waals surface area contributed by atoms with Crippen molar-refractivity contribution < 1.29 is 4.79 Å². The number of rotatable bonds is 1. The SMILES string of the molecule is O=C1c2c(ccc3ccccc23)NC1C1CC1. The average Bonchev–Trinajstić information content (AvgIpc) is 3.14. The first kappa shape index (κ1) is 9.23. The Morgan fingerprint density at radius 1 is 1.06 bits per heavy atom. The van der Waals surface area contributed by atoms with Gasteiger partial charge in [-0.2, -0.15) is 0 Å². The van der Waals surface area contributed by atoms with Crippen LogP contribution in [0.5, 0.6) is 0 Å². The lowest BCUT2D eigenvalue weighted by Gasteiger charge is -2.06. The fourth-order valence-corrected chi connectivity index (χ4v) is 2.81. The lowest BCUT2D eigenvalue weighted by Crippen LogP contribution is -2.24. The molecule has 17 heavy (non-hydrogen) atoms. The number of benzene rings is 2. The Labute approximate surface area is 99.6 Å². The van der Waals surface area contributed by atoms with Crippen LogP contribution < -0.4 is 5.32 Å². The number of nitrogens with one attached hydrogen (secondary N) is 1. The van der Waals surface area contributed by atoms with E-state index in [0.717, 1.165) is 22.0 Å². The van der Waals surface area contributed by atoms with Gasteiger partial charge in [0.1, 0.15) is 0 Å². The van der Waals surface area contributed by atoms with E-state index in [0.29, 0.717) is 11.7 Å². The van der Waals surface area contributed by atoms with Gasteiger partial charge in [0.2, 0.25) is 0 Å². The van der Waals surface area contributed by atoms with E-state index < -0.39 is 0 Å². The zero-order chi connectivity index (χ0) is 11.4. The van der Waals surface area contributed by atoms with Crippen molar-refractivity contribution in [2.45, 2.75) is 18.9 Å². The number of carbonyl (C=O) groups is 1. The molecule has 1 heterocycles. The second-order valence-electron chi connectivity index (χ2n) is 5.03. The van der Waals surface area contributed by atoms with Crippen molar-refractivity contribution in [2.24, 2.45) is 5.92 Å². The number of ketones is 1. The number of anilines is 1. The molecule has 0 bridgehead atoms. The van der Waals surface area contributed by atoms with Gasteiger partial charge in [0, 0.05) is 5.69 Å². The van der Waals surface area contributed by atoms with Crippen LogP contribution in [0.1, 0.15) is 23.2 Å². The summed E-state index contributed by atoms with van der Waals surface area (Å²) in [4.78, 5) is 12.4. The first-order valence-corrected chi connectivity index (χ1v) is 6.17. The average molecular weight is 223 g/mol. The maximum absolute atomic E-state index is 12.4. The second kappa shape index (κ2) is 3.10. The fourth-order valence-electron chi connectivity index (χ4n) is 2.81. The lowest BCUT2D eigenvalue weighted by atomic mass is 9.99. The van der Waals surface area contributed by atoms with Gasteiger partial charge in [-0.05, 0) is 35.6 Å². The van der Waals surface area contributed by atoms with Gasteiger partial charge in [-0.15, -0.1) is 0 Å². The van der Waals surface area contributed by atoms with Gasteiger partial charge in [-0.25, -0.2) is 0 Å². The number of carbonyl (C=O) groups excluding carboxylic acids is 1. The van der Waals surface area contributed by atoms with E-state index in [1.54, 1.807) is 0 Å².